The second kappa shape index (κ2) is 8.91. The number of likely N-dealkylation sites (tertiary alicyclic amines) is 1. The lowest BCUT2D eigenvalue weighted by atomic mass is 10.0. The number of hydrogen-bond acceptors (Lipinski definition) is 3. The summed E-state index contributed by atoms with van der Waals surface area (Å²) in [5.74, 6) is 0.810. The van der Waals surface area contributed by atoms with Crippen molar-refractivity contribution in [1.82, 2.24) is 4.90 Å². The van der Waals surface area contributed by atoms with E-state index in [1.807, 2.05) is 48.5 Å². The topological polar surface area (TPSA) is 58.6 Å². The molecule has 1 atom stereocenters. The molecule has 3 rings (SSSR count). The van der Waals surface area contributed by atoms with Gasteiger partial charge in [0, 0.05) is 25.2 Å². The van der Waals surface area contributed by atoms with Gasteiger partial charge < -0.3 is 15.0 Å². The van der Waals surface area contributed by atoms with Crippen molar-refractivity contribution >= 4 is 17.5 Å². The average Bonchev–Trinajstić information content (AvgIpc) is 3.08. The fourth-order valence-electron chi connectivity index (χ4n) is 3.57. The van der Waals surface area contributed by atoms with Crippen LogP contribution in [-0.2, 0) is 16.0 Å². The highest BCUT2D eigenvalue weighted by molar-refractivity contribution is 5.97. The number of benzene rings is 2. The molecule has 2 amide bonds. The number of carbonyl (C=O) groups is 2. The molecule has 1 fully saturated rings. The van der Waals surface area contributed by atoms with Gasteiger partial charge in [-0.3, -0.25) is 9.59 Å². The summed E-state index contributed by atoms with van der Waals surface area (Å²) >= 11 is 0. The Morgan fingerprint density at radius 3 is 2.57 bits per heavy atom. The van der Waals surface area contributed by atoms with Gasteiger partial charge in [-0.15, -0.1) is 0 Å². The normalized spacial score (nSPS) is 16.5. The second-order valence-electron chi connectivity index (χ2n) is 7.57. The van der Waals surface area contributed by atoms with E-state index in [0.29, 0.717) is 19.0 Å². The minimum atomic E-state index is -0.302. The zero-order valence-corrected chi connectivity index (χ0v) is 16.8. The summed E-state index contributed by atoms with van der Waals surface area (Å²) in [5, 5.41) is 3.03. The van der Waals surface area contributed by atoms with Gasteiger partial charge in [0.15, 0.2) is 0 Å². The number of methoxy groups -OCH3 is 1. The Kier molecular flexibility index (Phi) is 6.34. The fourth-order valence-corrected chi connectivity index (χ4v) is 3.57. The van der Waals surface area contributed by atoms with Crippen LogP contribution in [0.15, 0.2) is 48.5 Å². The van der Waals surface area contributed by atoms with Crippen molar-refractivity contribution in [2.75, 3.05) is 25.5 Å². The van der Waals surface area contributed by atoms with Gasteiger partial charge in [-0.25, -0.2) is 0 Å². The Morgan fingerprint density at radius 1 is 1.18 bits per heavy atom. The van der Waals surface area contributed by atoms with Crippen LogP contribution in [0.4, 0.5) is 5.69 Å². The molecule has 1 unspecified atom stereocenters. The molecule has 0 aromatic heterocycles. The molecule has 1 aliphatic heterocycles. The molecule has 0 bridgehead atoms. The number of amides is 2. The van der Waals surface area contributed by atoms with Crippen LogP contribution in [0.3, 0.4) is 0 Å². The summed E-state index contributed by atoms with van der Waals surface area (Å²) in [5.41, 5.74) is 3.09. The summed E-state index contributed by atoms with van der Waals surface area (Å²) < 4.78 is 5.17. The van der Waals surface area contributed by atoms with Gasteiger partial charge in [-0.1, -0.05) is 44.2 Å². The summed E-state index contributed by atoms with van der Waals surface area (Å²) in [6, 6.07) is 15.7. The number of carbonyl (C=O) groups excluding carboxylic acids is 2. The maximum absolute atomic E-state index is 12.7. The monoisotopic (exact) mass is 380 g/mol. The van der Waals surface area contributed by atoms with E-state index < -0.39 is 0 Å². The Balaban J connectivity index is 1.57. The molecule has 2 aromatic rings. The third-order valence-corrected chi connectivity index (χ3v) is 5.26. The molecule has 5 heteroatoms. The largest absolute Gasteiger partial charge is 0.497 e. The Labute approximate surface area is 166 Å². The van der Waals surface area contributed by atoms with Gasteiger partial charge in [-0.05, 0) is 41.7 Å². The van der Waals surface area contributed by atoms with Crippen LogP contribution >= 0.6 is 0 Å². The number of rotatable bonds is 7. The van der Waals surface area contributed by atoms with Gasteiger partial charge >= 0.3 is 0 Å². The van der Waals surface area contributed by atoms with Crippen LogP contribution in [0.2, 0.25) is 0 Å². The number of nitrogens with zero attached hydrogens (tertiary/aromatic N) is 1. The van der Waals surface area contributed by atoms with Crippen molar-refractivity contribution in [3.8, 4) is 5.75 Å². The minimum Gasteiger partial charge on any atom is -0.497 e. The van der Waals surface area contributed by atoms with Crippen LogP contribution in [0.25, 0.3) is 0 Å². The number of nitrogens with one attached hydrogen (secondary N) is 1. The first-order valence-electron chi connectivity index (χ1n) is 9.78. The first kappa shape index (κ1) is 19.9. The maximum atomic E-state index is 12.7. The molecule has 1 N–H and O–H groups in total. The van der Waals surface area contributed by atoms with E-state index in [-0.39, 0.29) is 24.2 Å². The first-order chi connectivity index (χ1) is 13.5. The zero-order chi connectivity index (χ0) is 20.1. The Bertz CT molecular complexity index is 830. The average molecular weight is 380 g/mol. The summed E-state index contributed by atoms with van der Waals surface area (Å²) in [7, 11) is 1.64. The van der Waals surface area contributed by atoms with Crippen molar-refractivity contribution in [3.63, 3.8) is 0 Å². The third kappa shape index (κ3) is 4.71. The fraction of sp³-hybridized carbons (Fsp3) is 0.391. The number of hydrogen-bond donors (Lipinski definition) is 1. The van der Waals surface area contributed by atoms with Crippen LogP contribution < -0.4 is 10.1 Å². The summed E-state index contributed by atoms with van der Waals surface area (Å²) in [6.45, 7) is 5.30. The van der Waals surface area contributed by atoms with Gasteiger partial charge in [0.05, 0.1) is 13.0 Å². The van der Waals surface area contributed by atoms with E-state index in [2.05, 4.69) is 19.2 Å². The van der Waals surface area contributed by atoms with Gasteiger partial charge in [0.2, 0.25) is 11.8 Å². The van der Waals surface area contributed by atoms with Crippen molar-refractivity contribution in [1.29, 1.82) is 0 Å². The molecule has 0 spiro atoms. The number of anilines is 1. The third-order valence-electron chi connectivity index (χ3n) is 5.26. The number of para-hydroxylation sites is 1. The highest BCUT2D eigenvalue weighted by Crippen LogP contribution is 2.26. The van der Waals surface area contributed by atoms with Crippen LogP contribution in [-0.4, -0.2) is 36.9 Å². The van der Waals surface area contributed by atoms with E-state index in [9.17, 15) is 9.59 Å². The van der Waals surface area contributed by atoms with Crippen molar-refractivity contribution in [2.24, 2.45) is 5.92 Å². The Morgan fingerprint density at radius 2 is 1.89 bits per heavy atom. The minimum absolute atomic E-state index is 0.0470. The SMILES string of the molecule is COc1ccc(CCN2CC(C(=O)Nc3ccccc3C(C)C)CC2=O)cc1. The predicted molar refractivity (Wildman–Crippen MR) is 111 cm³/mol. The van der Waals surface area contributed by atoms with E-state index in [4.69, 9.17) is 4.74 Å². The first-order valence-corrected chi connectivity index (χ1v) is 9.78. The van der Waals surface area contributed by atoms with E-state index in [1.54, 1.807) is 12.0 Å². The van der Waals surface area contributed by atoms with Crippen LogP contribution in [0.5, 0.6) is 5.75 Å². The highest BCUT2D eigenvalue weighted by Gasteiger charge is 2.34. The molecular weight excluding hydrogens is 352 g/mol. The van der Waals surface area contributed by atoms with E-state index in [1.165, 1.54) is 0 Å². The zero-order valence-electron chi connectivity index (χ0n) is 16.8. The predicted octanol–water partition coefficient (Wildman–Crippen LogP) is 3.85. The van der Waals surface area contributed by atoms with Crippen molar-refractivity contribution < 1.29 is 14.3 Å². The molecule has 1 heterocycles. The molecule has 2 aromatic carbocycles. The van der Waals surface area contributed by atoms with Gasteiger partial charge in [0.25, 0.3) is 0 Å². The molecular formula is C23H28N2O3. The highest BCUT2D eigenvalue weighted by atomic mass is 16.5. The van der Waals surface area contributed by atoms with Crippen LogP contribution in [0, 0.1) is 5.92 Å². The molecule has 1 aliphatic rings. The summed E-state index contributed by atoms with van der Waals surface area (Å²) in [6.07, 6.45) is 1.04. The second-order valence-corrected chi connectivity index (χ2v) is 7.57. The van der Waals surface area contributed by atoms with Crippen LogP contribution in [0.1, 0.15) is 37.3 Å². The molecule has 148 valence electrons. The smallest absolute Gasteiger partial charge is 0.229 e. The van der Waals surface area contributed by atoms with E-state index in [0.717, 1.165) is 29.0 Å². The maximum Gasteiger partial charge on any atom is 0.229 e. The number of ether oxygens (including phenoxy) is 1. The Hall–Kier alpha value is -2.82. The molecule has 0 radical (unpaired) electrons. The molecule has 0 aliphatic carbocycles. The molecule has 28 heavy (non-hydrogen) atoms. The quantitative estimate of drug-likeness (QED) is 0.794. The molecule has 5 nitrogen and oxygen atoms in total. The van der Waals surface area contributed by atoms with Gasteiger partial charge in [0.1, 0.15) is 5.75 Å². The lowest BCUT2D eigenvalue weighted by Crippen LogP contribution is -2.30. The van der Waals surface area contributed by atoms with Gasteiger partial charge in [-0.2, -0.15) is 0 Å². The standard InChI is InChI=1S/C23H28N2O3/c1-16(2)20-6-4-5-7-21(20)24-23(27)18-14-22(26)25(15-18)13-12-17-8-10-19(28-3)11-9-17/h4-11,16,18H,12-15H2,1-3H3,(H,24,27). The lowest BCUT2D eigenvalue weighted by molar-refractivity contribution is -0.128. The van der Waals surface area contributed by atoms with Crippen molar-refractivity contribution in [3.05, 3.63) is 59.7 Å². The van der Waals surface area contributed by atoms with Crippen molar-refractivity contribution in [2.45, 2.75) is 32.6 Å². The molecule has 0 saturated carbocycles. The molecule has 1 saturated heterocycles. The lowest BCUT2D eigenvalue weighted by Gasteiger charge is -2.18. The summed E-state index contributed by atoms with van der Waals surface area (Å²) in [4.78, 5) is 26.9. The van der Waals surface area contributed by atoms with E-state index >= 15 is 0 Å².